The molecule has 0 radical (unpaired) electrons. The van der Waals surface area contributed by atoms with Crippen molar-refractivity contribution in [3.8, 4) is 0 Å². The van der Waals surface area contributed by atoms with E-state index in [9.17, 15) is 0 Å². The van der Waals surface area contributed by atoms with Crippen molar-refractivity contribution < 1.29 is 20.4 Å². The molecule has 0 aliphatic rings. The van der Waals surface area contributed by atoms with Crippen LogP contribution in [0.4, 0.5) is 0 Å². The van der Waals surface area contributed by atoms with Gasteiger partial charge in [-0.2, -0.15) is 0 Å². The van der Waals surface area contributed by atoms with Crippen molar-refractivity contribution in [2.45, 2.75) is 0 Å². The van der Waals surface area contributed by atoms with Gasteiger partial charge in [-0.1, -0.05) is 0 Å². The first kappa shape index (κ1) is 17.1. The third-order valence-electron chi connectivity index (χ3n) is 0. The zero-order valence-corrected chi connectivity index (χ0v) is 5.98. The molecule has 0 N–H and O–H groups in total. The van der Waals surface area contributed by atoms with Crippen molar-refractivity contribution >= 4 is 17.0 Å². The molecule has 0 unspecified atom stereocenters. The Morgan fingerprint density at radius 3 is 1.60 bits per heavy atom. The van der Waals surface area contributed by atoms with Crippen LogP contribution in [-0.2, 0) is 20.4 Å². The van der Waals surface area contributed by atoms with Gasteiger partial charge in [-0.3, -0.25) is 0 Å². The molecule has 0 saturated heterocycles. The van der Waals surface area contributed by atoms with Crippen molar-refractivity contribution in [3.63, 3.8) is 0 Å². The van der Waals surface area contributed by atoms with Crippen LogP contribution >= 0.6 is 17.0 Å². The molecule has 0 saturated carbocycles. The Morgan fingerprint density at radius 2 is 1.60 bits per heavy atom. The molecule has 36 valence electrons. The summed E-state index contributed by atoms with van der Waals surface area (Å²) in [6, 6.07) is 0. The molecule has 5 heavy (non-hydrogen) atoms. The Hall–Kier alpha value is 0.752. The summed E-state index contributed by atoms with van der Waals surface area (Å²) in [5, 5.41) is 0. The van der Waals surface area contributed by atoms with Crippen LogP contribution in [0.15, 0.2) is 12.7 Å². The van der Waals surface area contributed by atoms with Gasteiger partial charge in [0, 0.05) is 20.4 Å². The number of allylic oxidation sites excluding steroid dienone is 1. The number of hydrogen-bond acceptors (Lipinski definition) is 0. The number of halogens is 1. The summed E-state index contributed by atoms with van der Waals surface area (Å²) >= 11 is 0. The molecule has 0 heterocycles. The molecule has 0 aromatic rings. The van der Waals surface area contributed by atoms with Crippen LogP contribution in [0.1, 0.15) is 0 Å². The van der Waals surface area contributed by atoms with Crippen molar-refractivity contribution in [2.75, 3.05) is 0 Å². The summed E-state index contributed by atoms with van der Waals surface area (Å²) in [5.74, 6) is 0. The largest absolute Gasteiger partial charge is 0.245 e. The van der Waals surface area contributed by atoms with E-state index in [0.29, 0.717) is 0 Å². The van der Waals surface area contributed by atoms with Gasteiger partial charge < -0.3 is 0 Å². The van der Waals surface area contributed by atoms with Crippen LogP contribution in [0, 0.1) is 6.92 Å². The van der Waals surface area contributed by atoms with E-state index in [2.05, 4.69) is 13.5 Å². The van der Waals surface area contributed by atoms with Gasteiger partial charge in [0.1, 0.15) is 0 Å². The molecule has 0 amide bonds. The van der Waals surface area contributed by atoms with E-state index in [0.717, 1.165) is 0 Å². The van der Waals surface area contributed by atoms with E-state index in [1.165, 1.54) is 6.08 Å². The number of hydrogen-bond donors (Lipinski definition) is 0. The second-order valence-corrected chi connectivity index (χ2v) is 0.289. The molecule has 0 aromatic carbocycles. The van der Waals surface area contributed by atoms with Crippen molar-refractivity contribution in [1.82, 2.24) is 0 Å². The maximum Gasteiger partial charge on any atom is 0 e. The third kappa shape index (κ3) is 63.6. The molecule has 0 atom stereocenters. The van der Waals surface area contributed by atoms with Crippen LogP contribution in [0.5, 0.6) is 0 Å². The Bertz CT molecular complexity index is 14.4. The van der Waals surface area contributed by atoms with Crippen molar-refractivity contribution in [1.29, 1.82) is 0 Å². The Kier molecular flexibility index (Phi) is 74.7. The molecule has 0 spiro atoms. The quantitative estimate of drug-likeness (QED) is 0.436. The van der Waals surface area contributed by atoms with E-state index < -0.39 is 0 Å². The molecule has 0 nitrogen and oxygen atoms in total. The minimum Gasteiger partial charge on any atom is -0.245 e. The van der Waals surface area contributed by atoms with Crippen molar-refractivity contribution in [3.05, 3.63) is 19.6 Å². The van der Waals surface area contributed by atoms with Crippen LogP contribution < -0.4 is 0 Å². The predicted molar refractivity (Wildman–Crippen MR) is 25.9 cm³/mol. The van der Waals surface area contributed by atoms with Gasteiger partial charge in [0.05, 0.1) is 0 Å². The first-order valence-corrected chi connectivity index (χ1v) is 0.816. The average Bonchev–Trinajstić information content (AvgIpc) is 0.918. The van der Waals surface area contributed by atoms with E-state index in [1.54, 1.807) is 0 Å². The van der Waals surface area contributed by atoms with Gasteiger partial charge in [0.15, 0.2) is 0 Å². The molecule has 0 aromatic heterocycles. The summed E-state index contributed by atoms with van der Waals surface area (Å²) in [5.41, 5.74) is 0. The fourth-order valence-corrected chi connectivity index (χ4v) is 0. The first-order chi connectivity index (χ1) is 1.41. The molecule has 0 rings (SSSR count). The van der Waals surface area contributed by atoms with Crippen LogP contribution in [0.2, 0.25) is 0 Å². The summed E-state index contributed by atoms with van der Waals surface area (Å²) in [6.45, 7) is 6.50. The van der Waals surface area contributed by atoms with Gasteiger partial charge in [-0.05, 0) is 0 Å². The van der Waals surface area contributed by atoms with E-state index in [1.807, 2.05) is 0 Å². The van der Waals surface area contributed by atoms with Crippen LogP contribution in [0.25, 0.3) is 0 Å². The molecular formula is C3H6BrPd-. The minimum atomic E-state index is 0. The standard InChI is InChI=1S/C3H5.BrH.Pd/c1-3-2;;/h3H,1-2H2;1H;/q-1;;. The van der Waals surface area contributed by atoms with Gasteiger partial charge in [-0.15, -0.1) is 17.0 Å². The van der Waals surface area contributed by atoms with Gasteiger partial charge in [0.2, 0.25) is 0 Å². The normalized spacial score (nSPS) is 2.40. The van der Waals surface area contributed by atoms with Gasteiger partial charge >= 0.3 is 0 Å². The second kappa shape index (κ2) is 21.8. The Balaban J connectivity index is -0.0000000200. The predicted octanol–water partition coefficient (Wildman–Crippen LogP) is 1.58. The van der Waals surface area contributed by atoms with Crippen LogP contribution in [0.3, 0.4) is 0 Å². The molecule has 0 bridgehead atoms. The summed E-state index contributed by atoms with van der Waals surface area (Å²) in [6.07, 6.45) is 1.50. The molecule has 2 heteroatoms. The zero-order chi connectivity index (χ0) is 2.71. The third-order valence-corrected chi connectivity index (χ3v) is 0. The Labute approximate surface area is 57.1 Å². The number of rotatable bonds is 0. The summed E-state index contributed by atoms with van der Waals surface area (Å²) < 4.78 is 0. The SMILES string of the molecule is Br.C=C[CH2-].[Pd]. The molecule has 0 aliphatic carbocycles. The van der Waals surface area contributed by atoms with E-state index in [4.69, 9.17) is 0 Å². The zero-order valence-electron chi connectivity index (χ0n) is 2.72. The maximum atomic E-state index is 3.25. The van der Waals surface area contributed by atoms with E-state index in [-0.39, 0.29) is 37.4 Å². The second-order valence-electron chi connectivity index (χ2n) is 0.289. The van der Waals surface area contributed by atoms with Crippen molar-refractivity contribution in [2.24, 2.45) is 0 Å². The summed E-state index contributed by atoms with van der Waals surface area (Å²) in [7, 11) is 0. The fraction of sp³-hybridized carbons (Fsp3) is 0. The van der Waals surface area contributed by atoms with Crippen LogP contribution in [-0.4, -0.2) is 0 Å². The van der Waals surface area contributed by atoms with Gasteiger partial charge in [-0.25, -0.2) is 19.6 Å². The molecular weight excluding hydrogens is 222 g/mol. The molecule has 0 fully saturated rings. The average molecular weight is 228 g/mol. The Morgan fingerprint density at radius 1 is 1.60 bits per heavy atom. The monoisotopic (exact) mass is 227 g/mol. The maximum absolute atomic E-state index is 3.25. The first-order valence-electron chi connectivity index (χ1n) is 0.816. The van der Waals surface area contributed by atoms with E-state index >= 15 is 0 Å². The fourth-order valence-electron chi connectivity index (χ4n) is 0. The topological polar surface area (TPSA) is 0 Å². The molecule has 0 aliphatic heterocycles. The minimum absolute atomic E-state index is 0. The smallest absolute Gasteiger partial charge is 0 e. The van der Waals surface area contributed by atoms with Gasteiger partial charge in [0.25, 0.3) is 0 Å². The summed E-state index contributed by atoms with van der Waals surface area (Å²) in [4.78, 5) is 0.